The standard InChI is InChI=1S/C12H12F3N3O3S/c13-12(14,15)9-3-1-2-8(4-9)10(19)5-18-22(20,21)11-6-16-7-17-11/h1-4,6-7,10,18-19H,5H2,(H,16,17)/t10-/m0/s1. The molecule has 0 saturated carbocycles. The maximum atomic E-state index is 12.6. The van der Waals surface area contributed by atoms with Gasteiger partial charge in [-0.3, -0.25) is 0 Å². The Hall–Kier alpha value is -1.91. The quantitative estimate of drug-likeness (QED) is 0.770. The number of nitrogens with zero attached hydrogens (tertiary/aromatic N) is 1. The highest BCUT2D eigenvalue weighted by atomic mass is 32.2. The van der Waals surface area contributed by atoms with Gasteiger partial charge in [-0.25, -0.2) is 18.1 Å². The molecule has 0 unspecified atom stereocenters. The highest BCUT2D eigenvalue weighted by molar-refractivity contribution is 7.89. The van der Waals surface area contributed by atoms with Gasteiger partial charge in [0.15, 0.2) is 5.03 Å². The summed E-state index contributed by atoms with van der Waals surface area (Å²) >= 11 is 0. The van der Waals surface area contributed by atoms with Crippen LogP contribution >= 0.6 is 0 Å². The van der Waals surface area contributed by atoms with Gasteiger partial charge < -0.3 is 10.1 Å². The molecule has 120 valence electrons. The molecule has 6 nitrogen and oxygen atoms in total. The molecule has 2 aromatic rings. The molecule has 2 rings (SSSR count). The van der Waals surface area contributed by atoms with E-state index in [1.54, 1.807) is 0 Å². The lowest BCUT2D eigenvalue weighted by molar-refractivity contribution is -0.137. The minimum atomic E-state index is -4.54. The molecule has 0 radical (unpaired) electrons. The first-order chi connectivity index (χ1) is 10.2. The minimum absolute atomic E-state index is 0.0397. The normalized spacial score (nSPS) is 14.0. The Kier molecular flexibility index (Phi) is 4.54. The van der Waals surface area contributed by atoms with Crippen molar-refractivity contribution in [3.63, 3.8) is 0 Å². The van der Waals surface area contributed by atoms with Crippen LogP contribution in [0.1, 0.15) is 17.2 Å². The molecule has 0 spiro atoms. The molecule has 3 N–H and O–H groups in total. The van der Waals surface area contributed by atoms with E-state index in [9.17, 15) is 26.7 Å². The van der Waals surface area contributed by atoms with Gasteiger partial charge in [0, 0.05) is 6.54 Å². The average molecular weight is 335 g/mol. The fraction of sp³-hybridized carbons (Fsp3) is 0.250. The van der Waals surface area contributed by atoms with Crippen molar-refractivity contribution in [1.29, 1.82) is 0 Å². The number of imidazole rings is 1. The summed E-state index contributed by atoms with van der Waals surface area (Å²) in [6.45, 7) is -0.470. The van der Waals surface area contributed by atoms with Crippen molar-refractivity contribution in [3.8, 4) is 0 Å². The number of nitrogens with one attached hydrogen (secondary N) is 2. The number of aromatic nitrogens is 2. The van der Waals surface area contributed by atoms with Gasteiger partial charge in [-0.1, -0.05) is 12.1 Å². The zero-order valence-corrected chi connectivity index (χ0v) is 11.8. The second-order valence-electron chi connectivity index (χ2n) is 4.41. The Morgan fingerprint density at radius 1 is 1.36 bits per heavy atom. The smallest absolute Gasteiger partial charge is 0.387 e. The monoisotopic (exact) mass is 335 g/mol. The average Bonchev–Trinajstić information content (AvgIpc) is 2.99. The van der Waals surface area contributed by atoms with Crippen LogP contribution in [0.5, 0.6) is 0 Å². The summed E-state index contributed by atoms with van der Waals surface area (Å²) < 4.78 is 63.4. The maximum Gasteiger partial charge on any atom is 0.416 e. The molecule has 22 heavy (non-hydrogen) atoms. The molecule has 1 atom stereocenters. The van der Waals surface area contributed by atoms with E-state index in [1.165, 1.54) is 6.07 Å². The second-order valence-corrected chi connectivity index (χ2v) is 6.14. The highest BCUT2D eigenvalue weighted by Crippen LogP contribution is 2.30. The number of H-pyrrole nitrogens is 1. The van der Waals surface area contributed by atoms with Crippen molar-refractivity contribution in [2.45, 2.75) is 17.3 Å². The molecule has 0 amide bonds. The number of aromatic amines is 1. The third-order valence-electron chi connectivity index (χ3n) is 2.83. The molecule has 0 aliphatic carbocycles. The van der Waals surface area contributed by atoms with Crippen molar-refractivity contribution < 1.29 is 26.7 Å². The molecule has 1 heterocycles. The van der Waals surface area contributed by atoms with E-state index < -0.39 is 34.4 Å². The molecule has 0 saturated heterocycles. The first-order valence-corrected chi connectivity index (χ1v) is 7.52. The van der Waals surface area contributed by atoms with Crippen molar-refractivity contribution >= 4 is 10.0 Å². The Balaban J connectivity index is 2.09. The van der Waals surface area contributed by atoms with Gasteiger partial charge >= 0.3 is 6.18 Å². The molecule has 1 aromatic heterocycles. The lowest BCUT2D eigenvalue weighted by atomic mass is 10.1. The summed E-state index contributed by atoms with van der Waals surface area (Å²) in [4.78, 5) is 5.93. The predicted octanol–water partition coefficient (Wildman–Crippen LogP) is 1.44. The van der Waals surface area contributed by atoms with Crippen LogP contribution in [0.2, 0.25) is 0 Å². The van der Waals surface area contributed by atoms with Crippen LogP contribution < -0.4 is 4.72 Å². The lowest BCUT2D eigenvalue weighted by Gasteiger charge is -2.14. The number of aliphatic hydroxyl groups is 1. The van der Waals surface area contributed by atoms with Gasteiger partial charge in [0.25, 0.3) is 10.0 Å². The molecular weight excluding hydrogens is 323 g/mol. The summed E-state index contributed by atoms with van der Waals surface area (Å²) in [5.41, 5.74) is -0.956. The summed E-state index contributed by atoms with van der Waals surface area (Å²) in [7, 11) is -3.91. The molecule has 0 fully saturated rings. The van der Waals surface area contributed by atoms with Gasteiger partial charge in [-0.05, 0) is 17.7 Å². The van der Waals surface area contributed by atoms with Crippen LogP contribution in [0.15, 0.2) is 41.8 Å². The first kappa shape index (κ1) is 16.5. The van der Waals surface area contributed by atoms with E-state index >= 15 is 0 Å². The number of hydrogen-bond acceptors (Lipinski definition) is 4. The van der Waals surface area contributed by atoms with Crippen LogP contribution in [0.4, 0.5) is 13.2 Å². The van der Waals surface area contributed by atoms with Gasteiger partial charge in [0.2, 0.25) is 0 Å². The zero-order chi connectivity index (χ0) is 16.4. The molecular formula is C12H12F3N3O3S. The summed E-state index contributed by atoms with van der Waals surface area (Å²) in [5, 5.41) is 9.65. The molecule has 1 aromatic carbocycles. The zero-order valence-electron chi connectivity index (χ0n) is 11.0. The van der Waals surface area contributed by atoms with Crippen LogP contribution in [-0.4, -0.2) is 30.0 Å². The fourth-order valence-electron chi connectivity index (χ4n) is 1.70. The van der Waals surface area contributed by atoms with Crippen LogP contribution in [0, 0.1) is 0 Å². The van der Waals surface area contributed by atoms with Crippen molar-refractivity contribution in [2.24, 2.45) is 0 Å². The number of rotatable bonds is 5. The van der Waals surface area contributed by atoms with E-state index in [1.807, 2.05) is 0 Å². The molecule has 10 heteroatoms. The molecule has 0 aliphatic rings. The molecule has 0 bridgehead atoms. The van der Waals surface area contributed by atoms with Crippen LogP contribution in [0.3, 0.4) is 0 Å². The maximum absolute atomic E-state index is 12.6. The van der Waals surface area contributed by atoms with Crippen LogP contribution in [0.25, 0.3) is 0 Å². The highest BCUT2D eigenvalue weighted by Gasteiger charge is 2.31. The largest absolute Gasteiger partial charge is 0.416 e. The third-order valence-corrected chi connectivity index (χ3v) is 4.18. The van der Waals surface area contributed by atoms with E-state index in [2.05, 4.69) is 14.7 Å². The van der Waals surface area contributed by atoms with Crippen molar-refractivity contribution in [2.75, 3.05) is 6.54 Å². The number of benzene rings is 1. The number of sulfonamides is 1. The van der Waals surface area contributed by atoms with E-state index in [4.69, 9.17) is 0 Å². The lowest BCUT2D eigenvalue weighted by Crippen LogP contribution is -2.28. The number of halogens is 3. The topological polar surface area (TPSA) is 95.1 Å². The Morgan fingerprint density at radius 3 is 2.68 bits per heavy atom. The van der Waals surface area contributed by atoms with Gasteiger partial charge in [-0.15, -0.1) is 0 Å². The van der Waals surface area contributed by atoms with Gasteiger partial charge in [0.1, 0.15) is 0 Å². The number of hydrogen-bond donors (Lipinski definition) is 3. The summed E-state index contributed by atoms with van der Waals surface area (Å²) in [5.74, 6) is 0. The Labute approximate surface area is 124 Å². The van der Waals surface area contributed by atoms with Crippen molar-refractivity contribution in [1.82, 2.24) is 14.7 Å². The fourth-order valence-corrected chi connectivity index (χ4v) is 2.64. The SMILES string of the molecule is O=S(=O)(NC[C@H](O)c1cccc(C(F)(F)F)c1)c1cnc[nH]1. The van der Waals surface area contributed by atoms with Gasteiger partial charge in [-0.2, -0.15) is 13.2 Å². The Bertz CT molecular complexity index is 730. The van der Waals surface area contributed by atoms with E-state index in [0.29, 0.717) is 0 Å². The third kappa shape index (κ3) is 3.84. The molecule has 0 aliphatic heterocycles. The first-order valence-electron chi connectivity index (χ1n) is 6.03. The number of alkyl halides is 3. The van der Waals surface area contributed by atoms with E-state index in [-0.39, 0.29) is 10.6 Å². The van der Waals surface area contributed by atoms with E-state index in [0.717, 1.165) is 30.7 Å². The van der Waals surface area contributed by atoms with Crippen molar-refractivity contribution in [3.05, 3.63) is 47.9 Å². The number of aliphatic hydroxyl groups excluding tert-OH is 1. The summed E-state index contributed by atoms with van der Waals surface area (Å²) in [6, 6.07) is 4.06. The minimum Gasteiger partial charge on any atom is -0.387 e. The summed E-state index contributed by atoms with van der Waals surface area (Å²) in [6.07, 6.45) is -3.72. The second kappa shape index (κ2) is 6.07. The van der Waals surface area contributed by atoms with Crippen LogP contribution in [-0.2, 0) is 16.2 Å². The predicted molar refractivity (Wildman–Crippen MR) is 70.2 cm³/mol. The Morgan fingerprint density at radius 2 is 2.09 bits per heavy atom. The van der Waals surface area contributed by atoms with Gasteiger partial charge in [0.05, 0.1) is 24.2 Å².